The van der Waals surface area contributed by atoms with Crippen LogP contribution in [0.2, 0.25) is 5.02 Å². The lowest BCUT2D eigenvalue weighted by Crippen LogP contribution is -2.49. The molecule has 3 aliphatic rings. The van der Waals surface area contributed by atoms with Gasteiger partial charge in [0.15, 0.2) is 0 Å². The summed E-state index contributed by atoms with van der Waals surface area (Å²) < 4.78 is 28.2. The average molecular weight is 462 g/mol. The maximum absolute atomic E-state index is 13.4. The molecule has 1 aromatic carbocycles. The number of sulfonamides is 1. The van der Waals surface area contributed by atoms with Crippen molar-refractivity contribution in [2.45, 2.75) is 31.7 Å². The van der Waals surface area contributed by atoms with Crippen LogP contribution in [0.1, 0.15) is 41.2 Å². The maximum Gasteiger partial charge on any atom is 0.253 e. The van der Waals surface area contributed by atoms with E-state index in [-0.39, 0.29) is 29.1 Å². The molecule has 0 saturated carbocycles. The summed E-state index contributed by atoms with van der Waals surface area (Å²) in [5.74, 6) is 0.313. The molecule has 31 heavy (non-hydrogen) atoms. The topological polar surface area (TPSA) is 79.7 Å². The zero-order chi connectivity index (χ0) is 21.8. The molecule has 4 heterocycles. The first-order chi connectivity index (χ1) is 14.8. The third-order valence-electron chi connectivity index (χ3n) is 6.58. The van der Waals surface area contributed by atoms with Crippen LogP contribution in [0.4, 0.5) is 5.69 Å². The highest BCUT2D eigenvalue weighted by Crippen LogP contribution is 2.36. The first kappa shape index (κ1) is 20.6. The van der Waals surface area contributed by atoms with Gasteiger partial charge in [0.2, 0.25) is 10.0 Å². The molecule has 2 bridgehead atoms. The summed E-state index contributed by atoms with van der Waals surface area (Å²) in [7, 11) is -3.42. The zero-order valence-electron chi connectivity index (χ0n) is 17.0. The molecule has 0 spiro atoms. The van der Waals surface area contributed by atoms with Crippen LogP contribution in [-0.2, 0) is 16.6 Å². The van der Waals surface area contributed by atoms with Crippen LogP contribution in [0.5, 0.6) is 0 Å². The molecule has 5 rings (SSSR count). The van der Waals surface area contributed by atoms with E-state index >= 15 is 0 Å². The molecule has 164 valence electrons. The second kappa shape index (κ2) is 7.67. The first-order valence-electron chi connectivity index (χ1n) is 10.6. The second-order valence-electron chi connectivity index (χ2n) is 8.67. The van der Waals surface area contributed by atoms with Crippen molar-refractivity contribution in [3.05, 3.63) is 63.0 Å². The highest BCUT2D eigenvalue weighted by molar-refractivity contribution is 7.92. The van der Waals surface area contributed by atoms with Gasteiger partial charge in [-0.15, -0.1) is 0 Å². The average Bonchev–Trinajstić information content (AvgIpc) is 2.74. The number of anilines is 1. The van der Waals surface area contributed by atoms with Crippen LogP contribution < -0.4 is 9.86 Å². The molecule has 2 unspecified atom stereocenters. The van der Waals surface area contributed by atoms with Gasteiger partial charge in [-0.1, -0.05) is 17.7 Å². The summed E-state index contributed by atoms with van der Waals surface area (Å²) in [5, 5.41) is 0.325. The number of halogens is 1. The summed E-state index contributed by atoms with van der Waals surface area (Å²) >= 11 is 6.33. The number of piperidine rings is 1. The number of hydrogen-bond donors (Lipinski definition) is 0. The Bertz CT molecular complexity index is 1210. The number of amides is 1. The molecule has 1 amide bonds. The van der Waals surface area contributed by atoms with Crippen molar-refractivity contribution in [2.24, 2.45) is 5.92 Å². The fourth-order valence-electron chi connectivity index (χ4n) is 5.14. The summed E-state index contributed by atoms with van der Waals surface area (Å²) in [4.78, 5) is 27.4. The number of carbonyl (C=O) groups excluding carboxylic acids is 1. The van der Waals surface area contributed by atoms with Gasteiger partial charge in [-0.2, -0.15) is 0 Å². The van der Waals surface area contributed by atoms with E-state index in [1.54, 1.807) is 30.3 Å². The van der Waals surface area contributed by atoms with Crippen molar-refractivity contribution in [2.75, 3.05) is 29.7 Å². The zero-order valence-corrected chi connectivity index (χ0v) is 18.6. The van der Waals surface area contributed by atoms with Crippen molar-refractivity contribution in [3.63, 3.8) is 0 Å². The summed E-state index contributed by atoms with van der Waals surface area (Å²) in [6.07, 6.45) is 2.36. The lowest BCUT2D eigenvalue weighted by Gasteiger charge is -2.42. The smallest absolute Gasteiger partial charge is 0.253 e. The van der Waals surface area contributed by atoms with Crippen molar-refractivity contribution in [1.29, 1.82) is 0 Å². The van der Waals surface area contributed by atoms with Crippen molar-refractivity contribution in [3.8, 4) is 0 Å². The summed E-state index contributed by atoms with van der Waals surface area (Å²) in [6, 6.07) is 10.2. The van der Waals surface area contributed by atoms with Gasteiger partial charge >= 0.3 is 0 Å². The molecular formula is C22H24ClN3O4S. The number of nitrogens with zero attached hydrogens (tertiary/aromatic N) is 3. The van der Waals surface area contributed by atoms with Crippen LogP contribution in [0, 0.1) is 5.92 Å². The van der Waals surface area contributed by atoms with E-state index in [9.17, 15) is 18.0 Å². The Balaban J connectivity index is 1.43. The summed E-state index contributed by atoms with van der Waals surface area (Å²) in [5.41, 5.74) is 1.81. The minimum Gasteiger partial charge on any atom is -0.338 e. The largest absolute Gasteiger partial charge is 0.338 e. The monoisotopic (exact) mass is 461 g/mol. The number of benzene rings is 1. The van der Waals surface area contributed by atoms with E-state index in [2.05, 4.69) is 0 Å². The predicted molar refractivity (Wildman–Crippen MR) is 119 cm³/mol. The van der Waals surface area contributed by atoms with E-state index in [1.807, 2.05) is 15.5 Å². The fraction of sp³-hybridized carbons (Fsp3) is 0.455. The van der Waals surface area contributed by atoms with E-state index in [1.165, 1.54) is 4.31 Å². The number of pyridine rings is 1. The minimum atomic E-state index is -3.42. The second-order valence-corrected chi connectivity index (χ2v) is 11.1. The van der Waals surface area contributed by atoms with E-state index < -0.39 is 10.0 Å². The molecule has 7 nitrogen and oxygen atoms in total. The number of fused-ring (bicyclic) bond motifs is 4. The Morgan fingerprint density at radius 2 is 1.90 bits per heavy atom. The molecule has 2 atom stereocenters. The van der Waals surface area contributed by atoms with Gasteiger partial charge in [0, 0.05) is 49.4 Å². The highest BCUT2D eigenvalue weighted by Gasteiger charge is 2.37. The molecule has 0 aliphatic carbocycles. The number of carbonyl (C=O) groups is 1. The molecular weight excluding hydrogens is 438 g/mol. The molecule has 2 aromatic rings. The quantitative estimate of drug-likeness (QED) is 0.688. The normalized spacial score (nSPS) is 24.5. The number of aromatic nitrogens is 1. The van der Waals surface area contributed by atoms with Crippen LogP contribution in [0.25, 0.3) is 0 Å². The number of likely N-dealkylation sites (tertiary alicyclic amines) is 1. The third-order valence-corrected chi connectivity index (χ3v) is 8.75. The Morgan fingerprint density at radius 3 is 2.71 bits per heavy atom. The molecule has 1 aromatic heterocycles. The molecule has 0 radical (unpaired) electrons. The Hall–Kier alpha value is -2.32. The number of rotatable bonds is 2. The lowest BCUT2D eigenvalue weighted by molar-refractivity contribution is 0.0594. The van der Waals surface area contributed by atoms with Crippen LogP contribution in [-0.4, -0.2) is 49.2 Å². The minimum absolute atomic E-state index is 0.0112. The SMILES string of the molecule is O=C(c1ccc(Cl)c(N2CCCCS2(=O)=O)c1)N1CC2CC(C1)c1cccc(=O)n1C2. The van der Waals surface area contributed by atoms with E-state index in [0.717, 1.165) is 18.5 Å². The highest BCUT2D eigenvalue weighted by atomic mass is 35.5. The molecule has 0 N–H and O–H groups in total. The van der Waals surface area contributed by atoms with Gasteiger partial charge in [0.1, 0.15) is 0 Å². The van der Waals surface area contributed by atoms with Gasteiger partial charge in [-0.25, -0.2) is 8.42 Å². The van der Waals surface area contributed by atoms with Gasteiger partial charge in [0.25, 0.3) is 11.5 Å². The molecule has 3 aliphatic heterocycles. The Morgan fingerprint density at radius 1 is 1.06 bits per heavy atom. The van der Waals surface area contributed by atoms with E-state index in [4.69, 9.17) is 11.6 Å². The summed E-state index contributed by atoms with van der Waals surface area (Å²) in [6.45, 7) is 2.11. The van der Waals surface area contributed by atoms with Crippen LogP contribution in [0.15, 0.2) is 41.2 Å². The Labute approximate surface area is 186 Å². The van der Waals surface area contributed by atoms with Crippen LogP contribution in [0.3, 0.4) is 0 Å². The van der Waals surface area contributed by atoms with Gasteiger partial charge in [-0.3, -0.25) is 13.9 Å². The van der Waals surface area contributed by atoms with Gasteiger partial charge in [0.05, 0.1) is 16.5 Å². The lowest BCUT2D eigenvalue weighted by atomic mass is 9.83. The van der Waals surface area contributed by atoms with Crippen LogP contribution >= 0.6 is 11.6 Å². The van der Waals surface area contributed by atoms with Gasteiger partial charge < -0.3 is 9.47 Å². The molecule has 9 heteroatoms. The van der Waals surface area contributed by atoms with Crippen molar-refractivity contribution < 1.29 is 13.2 Å². The van der Waals surface area contributed by atoms with Crippen molar-refractivity contribution >= 4 is 33.2 Å². The number of hydrogen-bond acceptors (Lipinski definition) is 4. The van der Waals surface area contributed by atoms with Crippen molar-refractivity contribution in [1.82, 2.24) is 9.47 Å². The fourth-order valence-corrected chi connectivity index (χ4v) is 7.06. The standard InChI is InChI=1S/C22H24ClN3O4S/c23-18-7-6-16(11-20(18)26-8-1-2-9-31(26,29)30)22(28)24-12-15-10-17(14-24)19-4-3-5-21(27)25(19)13-15/h3-7,11,15,17H,1-2,8-10,12-14H2. The molecule has 2 fully saturated rings. The Kier molecular flexibility index (Phi) is 5.09. The van der Waals surface area contributed by atoms with Gasteiger partial charge in [-0.05, 0) is 49.4 Å². The molecule has 2 saturated heterocycles. The maximum atomic E-state index is 13.4. The third kappa shape index (κ3) is 3.65. The van der Waals surface area contributed by atoms with E-state index in [0.29, 0.717) is 48.9 Å². The predicted octanol–water partition coefficient (Wildman–Crippen LogP) is 2.69. The first-order valence-corrected chi connectivity index (χ1v) is 12.6.